The average Bonchev–Trinajstić information content (AvgIpc) is 2.56. The highest BCUT2D eigenvalue weighted by atomic mass is 35.5. The molecule has 0 saturated carbocycles. The number of ether oxygens (including phenoxy) is 1. The highest BCUT2D eigenvalue weighted by molar-refractivity contribution is 7.90. The Labute approximate surface area is 167 Å². The standard InChI is InChI=1S/C18H17Cl2NO5S/c1-10-4-6-13(27(3,24)25)9-14(10)18(23)26-11(2)17(22)21-16-7-5-12(19)8-15(16)20/h4-9,11H,1-3H3,(H,21,22). The number of esters is 1. The van der Waals surface area contributed by atoms with E-state index >= 15 is 0 Å². The van der Waals surface area contributed by atoms with Crippen LogP contribution in [0.2, 0.25) is 10.0 Å². The minimum absolute atomic E-state index is 0.00917. The van der Waals surface area contributed by atoms with Crippen molar-refractivity contribution in [1.82, 2.24) is 0 Å². The molecule has 9 heteroatoms. The molecule has 1 atom stereocenters. The second-order valence-corrected chi connectivity index (χ2v) is 8.77. The maximum atomic E-state index is 12.4. The third kappa shape index (κ3) is 5.45. The molecule has 1 unspecified atom stereocenters. The third-order valence-corrected chi connectivity index (χ3v) is 5.36. The Hall–Kier alpha value is -2.09. The Morgan fingerprint density at radius 2 is 1.78 bits per heavy atom. The number of anilines is 1. The maximum Gasteiger partial charge on any atom is 0.339 e. The van der Waals surface area contributed by atoms with Crippen LogP contribution in [0, 0.1) is 6.92 Å². The molecule has 0 aromatic heterocycles. The first-order valence-electron chi connectivity index (χ1n) is 7.76. The van der Waals surface area contributed by atoms with E-state index in [1.807, 2.05) is 0 Å². The number of benzene rings is 2. The molecule has 27 heavy (non-hydrogen) atoms. The van der Waals surface area contributed by atoms with Gasteiger partial charge in [-0.3, -0.25) is 4.79 Å². The predicted molar refractivity (Wildman–Crippen MR) is 104 cm³/mol. The summed E-state index contributed by atoms with van der Waals surface area (Å²) < 4.78 is 28.5. The van der Waals surface area contributed by atoms with Crippen molar-refractivity contribution in [2.45, 2.75) is 24.8 Å². The van der Waals surface area contributed by atoms with Crippen LogP contribution in [-0.4, -0.2) is 32.7 Å². The number of halogens is 2. The summed E-state index contributed by atoms with van der Waals surface area (Å²) in [4.78, 5) is 24.6. The van der Waals surface area contributed by atoms with Gasteiger partial charge in [0.2, 0.25) is 0 Å². The first kappa shape index (κ1) is 21.2. The van der Waals surface area contributed by atoms with E-state index in [-0.39, 0.29) is 15.5 Å². The van der Waals surface area contributed by atoms with Crippen molar-refractivity contribution in [3.8, 4) is 0 Å². The second kappa shape index (κ2) is 8.29. The van der Waals surface area contributed by atoms with Crippen molar-refractivity contribution >= 4 is 50.6 Å². The Morgan fingerprint density at radius 3 is 2.37 bits per heavy atom. The number of aryl methyl sites for hydroxylation is 1. The first-order chi connectivity index (χ1) is 12.5. The lowest BCUT2D eigenvalue weighted by Gasteiger charge is -2.15. The molecule has 0 aliphatic carbocycles. The highest BCUT2D eigenvalue weighted by Gasteiger charge is 2.22. The van der Waals surface area contributed by atoms with E-state index in [2.05, 4.69) is 5.32 Å². The monoisotopic (exact) mass is 429 g/mol. The van der Waals surface area contributed by atoms with Gasteiger partial charge < -0.3 is 10.1 Å². The summed E-state index contributed by atoms with van der Waals surface area (Å²) in [7, 11) is -3.48. The lowest BCUT2D eigenvalue weighted by atomic mass is 10.1. The van der Waals surface area contributed by atoms with Crippen LogP contribution < -0.4 is 5.32 Å². The van der Waals surface area contributed by atoms with E-state index in [1.54, 1.807) is 13.0 Å². The van der Waals surface area contributed by atoms with Gasteiger partial charge in [-0.25, -0.2) is 13.2 Å². The van der Waals surface area contributed by atoms with E-state index in [1.165, 1.54) is 37.3 Å². The van der Waals surface area contributed by atoms with E-state index < -0.39 is 27.8 Å². The molecule has 2 rings (SSSR count). The fourth-order valence-corrected chi connectivity index (χ4v) is 3.26. The number of hydrogen-bond donors (Lipinski definition) is 1. The zero-order valence-electron chi connectivity index (χ0n) is 14.7. The molecular formula is C18H17Cl2NO5S. The smallest absolute Gasteiger partial charge is 0.339 e. The Balaban J connectivity index is 2.14. The van der Waals surface area contributed by atoms with Crippen molar-refractivity contribution in [2.75, 3.05) is 11.6 Å². The van der Waals surface area contributed by atoms with Crippen molar-refractivity contribution < 1.29 is 22.7 Å². The zero-order chi connectivity index (χ0) is 20.4. The van der Waals surface area contributed by atoms with Crippen LogP contribution in [0.25, 0.3) is 0 Å². The van der Waals surface area contributed by atoms with Gasteiger partial charge in [0.25, 0.3) is 5.91 Å². The van der Waals surface area contributed by atoms with Crippen LogP contribution in [0.1, 0.15) is 22.8 Å². The van der Waals surface area contributed by atoms with Crippen molar-refractivity contribution in [3.05, 3.63) is 57.6 Å². The Kier molecular flexibility index (Phi) is 6.51. The van der Waals surface area contributed by atoms with Crippen molar-refractivity contribution in [3.63, 3.8) is 0 Å². The fraction of sp³-hybridized carbons (Fsp3) is 0.222. The number of carbonyl (C=O) groups excluding carboxylic acids is 2. The van der Waals surface area contributed by atoms with Gasteiger partial charge in [0.15, 0.2) is 15.9 Å². The number of rotatable bonds is 5. The van der Waals surface area contributed by atoms with Gasteiger partial charge in [0.05, 0.1) is 21.2 Å². The highest BCUT2D eigenvalue weighted by Crippen LogP contribution is 2.25. The number of hydrogen-bond acceptors (Lipinski definition) is 5. The molecule has 0 fully saturated rings. The van der Waals surface area contributed by atoms with Gasteiger partial charge in [-0.2, -0.15) is 0 Å². The molecule has 2 aromatic carbocycles. The third-order valence-electron chi connectivity index (χ3n) is 3.70. The summed E-state index contributed by atoms with van der Waals surface area (Å²) in [5.74, 6) is -1.40. The lowest BCUT2D eigenvalue weighted by Crippen LogP contribution is -2.30. The predicted octanol–water partition coefficient (Wildman–Crippen LogP) is 3.89. The van der Waals surface area contributed by atoms with Crippen LogP contribution in [0.3, 0.4) is 0 Å². The Morgan fingerprint density at radius 1 is 1.11 bits per heavy atom. The molecule has 2 aromatic rings. The summed E-state index contributed by atoms with van der Waals surface area (Å²) in [5.41, 5.74) is 0.923. The van der Waals surface area contributed by atoms with Crippen LogP contribution in [0.15, 0.2) is 41.3 Å². The molecule has 1 N–H and O–H groups in total. The van der Waals surface area contributed by atoms with Gasteiger partial charge in [-0.05, 0) is 49.7 Å². The number of sulfone groups is 1. The van der Waals surface area contributed by atoms with Gasteiger partial charge in [0.1, 0.15) is 0 Å². The minimum Gasteiger partial charge on any atom is -0.449 e. The molecule has 144 valence electrons. The summed E-state index contributed by atoms with van der Waals surface area (Å²) in [6, 6.07) is 8.69. The van der Waals surface area contributed by atoms with Gasteiger partial charge in [-0.15, -0.1) is 0 Å². The van der Waals surface area contributed by atoms with E-state index in [0.717, 1.165) is 6.26 Å². The Bertz CT molecular complexity index is 1000. The van der Waals surface area contributed by atoms with Gasteiger partial charge in [0, 0.05) is 11.3 Å². The number of amides is 1. The fourth-order valence-electron chi connectivity index (χ4n) is 2.15. The van der Waals surface area contributed by atoms with Crippen LogP contribution in [0.4, 0.5) is 5.69 Å². The molecule has 1 amide bonds. The van der Waals surface area contributed by atoms with Gasteiger partial charge in [-0.1, -0.05) is 29.3 Å². The topological polar surface area (TPSA) is 89.5 Å². The zero-order valence-corrected chi connectivity index (χ0v) is 17.1. The molecule has 6 nitrogen and oxygen atoms in total. The lowest BCUT2D eigenvalue weighted by molar-refractivity contribution is -0.123. The van der Waals surface area contributed by atoms with E-state index in [9.17, 15) is 18.0 Å². The number of carbonyl (C=O) groups is 2. The van der Waals surface area contributed by atoms with Gasteiger partial charge >= 0.3 is 5.97 Å². The molecule has 0 saturated heterocycles. The summed E-state index contributed by atoms with van der Waals surface area (Å²) >= 11 is 11.8. The first-order valence-corrected chi connectivity index (χ1v) is 10.4. The maximum absolute atomic E-state index is 12.4. The van der Waals surface area contributed by atoms with Crippen molar-refractivity contribution in [1.29, 1.82) is 0 Å². The van der Waals surface area contributed by atoms with E-state index in [0.29, 0.717) is 16.3 Å². The largest absolute Gasteiger partial charge is 0.449 e. The van der Waals surface area contributed by atoms with E-state index in [4.69, 9.17) is 27.9 Å². The average molecular weight is 430 g/mol. The normalized spacial score (nSPS) is 12.3. The molecule has 0 aliphatic rings. The van der Waals surface area contributed by atoms with Crippen LogP contribution >= 0.6 is 23.2 Å². The summed E-state index contributed by atoms with van der Waals surface area (Å²) in [6.07, 6.45) is -0.0934. The molecule has 0 spiro atoms. The summed E-state index contributed by atoms with van der Waals surface area (Å²) in [5, 5.41) is 3.20. The second-order valence-electron chi connectivity index (χ2n) is 5.91. The molecule has 0 heterocycles. The molecule has 0 radical (unpaired) electrons. The molecule has 0 aliphatic heterocycles. The van der Waals surface area contributed by atoms with Crippen molar-refractivity contribution in [2.24, 2.45) is 0 Å². The quantitative estimate of drug-likeness (QED) is 0.727. The molecule has 0 bridgehead atoms. The SMILES string of the molecule is Cc1ccc(S(C)(=O)=O)cc1C(=O)OC(C)C(=O)Nc1ccc(Cl)cc1Cl. The van der Waals surface area contributed by atoms with Crippen LogP contribution in [0.5, 0.6) is 0 Å². The number of nitrogens with one attached hydrogen (secondary N) is 1. The molecular weight excluding hydrogens is 413 g/mol. The van der Waals surface area contributed by atoms with Crippen LogP contribution in [-0.2, 0) is 19.4 Å². The summed E-state index contributed by atoms with van der Waals surface area (Å²) in [6.45, 7) is 3.04. The minimum atomic E-state index is -3.48.